The summed E-state index contributed by atoms with van der Waals surface area (Å²) in [5.74, 6) is 0.369. The minimum absolute atomic E-state index is 0.161. The lowest BCUT2D eigenvalue weighted by Gasteiger charge is -2.05. The summed E-state index contributed by atoms with van der Waals surface area (Å²) in [4.78, 5) is 24.0. The highest BCUT2D eigenvalue weighted by Crippen LogP contribution is 2.28. The van der Waals surface area contributed by atoms with Crippen LogP contribution < -0.4 is 10.6 Å². The quantitative estimate of drug-likeness (QED) is 0.372. The van der Waals surface area contributed by atoms with Crippen LogP contribution in [0.1, 0.15) is 22.3 Å². The Morgan fingerprint density at radius 3 is 2.54 bits per heavy atom. The molecule has 0 radical (unpaired) electrons. The Labute approximate surface area is 179 Å². The van der Waals surface area contributed by atoms with Crippen molar-refractivity contribution in [3.8, 4) is 0 Å². The van der Waals surface area contributed by atoms with Gasteiger partial charge in [0.05, 0.1) is 0 Å². The molecule has 2 N–H and O–H groups in total. The number of hydrogen-bond acceptors (Lipinski definition) is 6. The topological polar surface area (TPSA) is 84.0 Å². The number of benzene rings is 2. The number of rotatable bonds is 8. The molecule has 28 heavy (non-hydrogen) atoms. The average Bonchev–Trinajstić information content (AvgIpc) is 3.15. The SMILES string of the molecule is O=C(CCNC(=O)c1ccc(Br)cc1)Nc1nnc(SCc2ccccc2)s1. The van der Waals surface area contributed by atoms with Crippen LogP contribution in [0.4, 0.5) is 5.13 Å². The summed E-state index contributed by atoms with van der Waals surface area (Å²) in [5.41, 5.74) is 1.75. The van der Waals surface area contributed by atoms with E-state index in [0.29, 0.717) is 10.7 Å². The summed E-state index contributed by atoms with van der Waals surface area (Å²) in [6, 6.07) is 17.1. The number of carbonyl (C=O) groups excluding carboxylic acids is 2. The third-order valence-electron chi connectivity index (χ3n) is 3.60. The van der Waals surface area contributed by atoms with E-state index in [9.17, 15) is 9.59 Å². The fourth-order valence-corrected chi connectivity index (χ4v) is 4.20. The Bertz CT molecular complexity index is 933. The van der Waals surface area contributed by atoms with E-state index >= 15 is 0 Å². The van der Waals surface area contributed by atoms with Crippen LogP contribution in [0.2, 0.25) is 0 Å². The van der Waals surface area contributed by atoms with Crippen LogP contribution in [0.3, 0.4) is 0 Å². The maximum Gasteiger partial charge on any atom is 0.251 e. The number of halogens is 1. The molecule has 2 amide bonds. The Morgan fingerprint density at radius 2 is 1.79 bits per heavy atom. The molecule has 144 valence electrons. The molecule has 1 heterocycles. The second kappa shape index (κ2) is 10.4. The highest BCUT2D eigenvalue weighted by Gasteiger charge is 2.10. The summed E-state index contributed by atoms with van der Waals surface area (Å²) in [6.07, 6.45) is 0.161. The van der Waals surface area contributed by atoms with Gasteiger partial charge in [0.15, 0.2) is 4.34 Å². The number of aromatic nitrogens is 2. The average molecular weight is 477 g/mol. The number of carbonyl (C=O) groups is 2. The molecule has 0 aliphatic carbocycles. The molecule has 0 saturated carbocycles. The van der Waals surface area contributed by atoms with Gasteiger partial charge in [0, 0.05) is 28.8 Å². The van der Waals surface area contributed by atoms with Crippen molar-refractivity contribution in [3.05, 3.63) is 70.2 Å². The molecule has 0 atom stereocenters. The third-order valence-corrected chi connectivity index (χ3v) is 6.17. The van der Waals surface area contributed by atoms with Crippen molar-refractivity contribution in [3.63, 3.8) is 0 Å². The fraction of sp³-hybridized carbons (Fsp3) is 0.158. The van der Waals surface area contributed by atoms with Crippen LogP contribution >= 0.6 is 39.0 Å². The molecule has 0 spiro atoms. The van der Waals surface area contributed by atoms with Crippen molar-refractivity contribution < 1.29 is 9.59 Å². The van der Waals surface area contributed by atoms with Gasteiger partial charge in [-0.05, 0) is 29.8 Å². The van der Waals surface area contributed by atoms with Crippen molar-refractivity contribution in [2.45, 2.75) is 16.5 Å². The molecule has 3 rings (SSSR count). The van der Waals surface area contributed by atoms with Crippen molar-refractivity contribution in [1.29, 1.82) is 0 Å². The molecule has 0 aliphatic heterocycles. The lowest BCUT2D eigenvalue weighted by molar-refractivity contribution is -0.116. The fourth-order valence-electron chi connectivity index (χ4n) is 2.21. The minimum Gasteiger partial charge on any atom is -0.352 e. The molecule has 0 saturated heterocycles. The van der Waals surface area contributed by atoms with E-state index in [1.165, 1.54) is 16.9 Å². The van der Waals surface area contributed by atoms with Crippen LogP contribution in [0.5, 0.6) is 0 Å². The summed E-state index contributed by atoms with van der Waals surface area (Å²) in [6.45, 7) is 0.245. The number of nitrogens with one attached hydrogen (secondary N) is 2. The lowest BCUT2D eigenvalue weighted by atomic mass is 10.2. The largest absolute Gasteiger partial charge is 0.352 e. The molecule has 0 unspecified atom stereocenters. The lowest BCUT2D eigenvalue weighted by Crippen LogP contribution is -2.27. The first-order chi connectivity index (χ1) is 13.6. The number of nitrogens with zero attached hydrogens (tertiary/aromatic N) is 2. The first-order valence-electron chi connectivity index (χ1n) is 8.44. The number of amides is 2. The van der Waals surface area contributed by atoms with Crippen molar-refractivity contribution in [1.82, 2.24) is 15.5 Å². The summed E-state index contributed by atoms with van der Waals surface area (Å²) in [5, 5.41) is 14.0. The van der Waals surface area contributed by atoms with Crippen LogP contribution in [-0.2, 0) is 10.5 Å². The summed E-state index contributed by atoms with van der Waals surface area (Å²) in [7, 11) is 0. The number of hydrogen-bond donors (Lipinski definition) is 2. The van der Waals surface area contributed by atoms with Crippen molar-refractivity contribution in [2.75, 3.05) is 11.9 Å². The van der Waals surface area contributed by atoms with Gasteiger partial charge in [0.2, 0.25) is 11.0 Å². The smallest absolute Gasteiger partial charge is 0.251 e. The summed E-state index contributed by atoms with van der Waals surface area (Å²) < 4.78 is 1.70. The van der Waals surface area contributed by atoms with Gasteiger partial charge in [-0.15, -0.1) is 10.2 Å². The highest BCUT2D eigenvalue weighted by molar-refractivity contribution is 9.10. The van der Waals surface area contributed by atoms with Gasteiger partial charge in [-0.2, -0.15) is 0 Å². The van der Waals surface area contributed by atoms with Gasteiger partial charge in [-0.1, -0.05) is 69.4 Å². The van der Waals surface area contributed by atoms with E-state index in [1.54, 1.807) is 36.0 Å². The Morgan fingerprint density at radius 1 is 1.04 bits per heavy atom. The molecular weight excluding hydrogens is 460 g/mol. The van der Waals surface area contributed by atoms with Gasteiger partial charge in [-0.25, -0.2) is 0 Å². The minimum atomic E-state index is -0.216. The van der Waals surface area contributed by atoms with Gasteiger partial charge in [0.1, 0.15) is 0 Å². The van der Waals surface area contributed by atoms with Crippen LogP contribution in [0, 0.1) is 0 Å². The van der Waals surface area contributed by atoms with Crippen molar-refractivity contribution >= 4 is 56.0 Å². The molecule has 6 nitrogen and oxygen atoms in total. The van der Waals surface area contributed by atoms with Gasteiger partial charge < -0.3 is 10.6 Å². The highest BCUT2D eigenvalue weighted by atomic mass is 79.9. The standard InChI is InChI=1S/C19H17BrN4O2S2/c20-15-8-6-14(7-9-15)17(26)21-11-10-16(25)22-18-23-24-19(28-18)27-12-13-4-2-1-3-5-13/h1-9H,10-12H2,(H,21,26)(H,22,23,25). The zero-order chi connectivity index (χ0) is 19.8. The summed E-state index contributed by atoms with van der Waals surface area (Å²) >= 11 is 6.24. The van der Waals surface area contributed by atoms with Gasteiger partial charge in [0.25, 0.3) is 5.91 Å². The Hall–Kier alpha value is -2.23. The molecule has 0 fully saturated rings. The van der Waals surface area contributed by atoms with E-state index in [4.69, 9.17) is 0 Å². The molecule has 0 bridgehead atoms. The normalized spacial score (nSPS) is 10.5. The Balaban J connectivity index is 1.39. The third kappa shape index (κ3) is 6.43. The molecule has 9 heteroatoms. The maximum atomic E-state index is 12.0. The molecule has 2 aromatic carbocycles. The molecule has 3 aromatic rings. The zero-order valence-electron chi connectivity index (χ0n) is 14.7. The second-order valence-electron chi connectivity index (χ2n) is 5.71. The Kier molecular flexibility index (Phi) is 7.58. The molecular formula is C19H17BrN4O2S2. The first-order valence-corrected chi connectivity index (χ1v) is 11.0. The first kappa shape index (κ1) is 20.5. The van der Waals surface area contributed by atoms with Gasteiger partial charge in [-0.3, -0.25) is 9.59 Å². The van der Waals surface area contributed by atoms with E-state index in [1.807, 2.05) is 18.2 Å². The monoisotopic (exact) mass is 476 g/mol. The van der Waals surface area contributed by atoms with Crippen LogP contribution in [0.15, 0.2) is 63.4 Å². The van der Waals surface area contributed by atoms with Crippen molar-refractivity contribution in [2.24, 2.45) is 0 Å². The molecule has 1 aromatic heterocycles. The van der Waals surface area contributed by atoms with E-state index in [0.717, 1.165) is 14.6 Å². The van der Waals surface area contributed by atoms with Gasteiger partial charge >= 0.3 is 0 Å². The maximum absolute atomic E-state index is 12.0. The predicted molar refractivity (Wildman–Crippen MR) is 116 cm³/mol. The van der Waals surface area contributed by atoms with E-state index < -0.39 is 0 Å². The predicted octanol–water partition coefficient (Wildman–Crippen LogP) is 4.35. The van der Waals surface area contributed by atoms with E-state index in [-0.39, 0.29) is 24.8 Å². The van der Waals surface area contributed by atoms with Crippen LogP contribution in [0.25, 0.3) is 0 Å². The molecule has 0 aliphatic rings. The zero-order valence-corrected chi connectivity index (χ0v) is 17.9. The number of thioether (sulfide) groups is 1. The van der Waals surface area contributed by atoms with E-state index in [2.05, 4.69) is 48.9 Å². The number of anilines is 1. The second-order valence-corrected chi connectivity index (χ2v) is 8.82. The van der Waals surface area contributed by atoms with Crippen LogP contribution in [-0.4, -0.2) is 28.6 Å².